The summed E-state index contributed by atoms with van der Waals surface area (Å²) in [7, 11) is 0. The number of aryl methyl sites for hydroxylation is 2. The molecule has 0 aliphatic rings. The van der Waals surface area contributed by atoms with Gasteiger partial charge in [0.05, 0.1) is 11.3 Å². The van der Waals surface area contributed by atoms with Crippen molar-refractivity contribution < 1.29 is 9.53 Å². The number of aromatic nitrogens is 2. The predicted octanol–water partition coefficient (Wildman–Crippen LogP) is 4.58. The summed E-state index contributed by atoms with van der Waals surface area (Å²) in [6.07, 6.45) is 0. The van der Waals surface area contributed by atoms with Crippen molar-refractivity contribution >= 4 is 28.6 Å². The molecule has 0 amide bonds. The highest BCUT2D eigenvalue weighted by Gasteiger charge is 2.13. The average molecular weight is 430 g/mol. The Morgan fingerprint density at radius 1 is 1.00 bits per heavy atom. The maximum atomic E-state index is 12.2. The SMILES string of the molecule is Cc1ccc(C)c(-c2ccc(OC(=O)c3ccccc3I)nn2)c1. The molecule has 0 fully saturated rings. The van der Waals surface area contributed by atoms with E-state index in [1.54, 1.807) is 18.2 Å². The molecule has 3 aromatic rings. The molecule has 4 nitrogen and oxygen atoms in total. The van der Waals surface area contributed by atoms with E-state index < -0.39 is 5.97 Å². The first kappa shape index (κ1) is 16.6. The summed E-state index contributed by atoms with van der Waals surface area (Å²) < 4.78 is 6.14. The Labute approximate surface area is 154 Å². The molecular weight excluding hydrogens is 415 g/mol. The van der Waals surface area contributed by atoms with Gasteiger partial charge in [-0.05, 0) is 66.3 Å². The molecule has 120 valence electrons. The zero-order valence-corrected chi connectivity index (χ0v) is 15.4. The summed E-state index contributed by atoms with van der Waals surface area (Å²) in [6, 6.07) is 16.9. The van der Waals surface area contributed by atoms with Crippen LogP contribution < -0.4 is 4.74 Å². The third-order valence-corrected chi connectivity index (χ3v) is 4.54. The van der Waals surface area contributed by atoms with Crippen LogP contribution in [-0.4, -0.2) is 16.2 Å². The van der Waals surface area contributed by atoms with E-state index in [9.17, 15) is 4.79 Å². The van der Waals surface area contributed by atoms with Crippen molar-refractivity contribution in [3.05, 3.63) is 74.9 Å². The number of nitrogens with zero attached hydrogens (tertiary/aromatic N) is 2. The van der Waals surface area contributed by atoms with Crippen LogP contribution in [0.5, 0.6) is 5.88 Å². The number of halogens is 1. The monoisotopic (exact) mass is 430 g/mol. The van der Waals surface area contributed by atoms with Gasteiger partial charge in [-0.15, -0.1) is 10.2 Å². The van der Waals surface area contributed by atoms with E-state index in [-0.39, 0.29) is 5.88 Å². The fraction of sp³-hybridized carbons (Fsp3) is 0.105. The Morgan fingerprint density at radius 3 is 2.50 bits per heavy atom. The second-order valence-corrected chi connectivity index (χ2v) is 6.61. The van der Waals surface area contributed by atoms with Crippen LogP contribution in [0, 0.1) is 17.4 Å². The molecule has 0 saturated heterocycles. The van der Waals surface area contributed by atoms with E-state index in [4.69, 9.17) is 4.74 Å². The summed E-state index contributed by atoms with van der Waals surface area (Å²) in [5.74, 6) is -0.248. The van der Waals surface area contributed by atoms with Crippen LogP contribution in [0.4, 0.5) is 0 Å². The number of benzene rings is 2. The lowest BCUT2D eigenvalue weighted by atomic mass is 10.0. The summed E-state index contributed by atoms with van der Waals surface area (Å²) in [6.45, 7) is 4.07. The van der Waals surface area contributed by atoms with Crippen molar-refractivity contribution in [2.45, 2.75) is 13.8 Å². The second kappa shape index (κ2) is 7.09. The molecule has 0 unspecified atom stereocenters. The highest BCUT2D eigenvalue weighted by atomic mass is 127. The minimum absolute atomic E-state index is 0.189. The molecule has 0 radical (unpaired) electrons. The summed E-state index contributed by atoms with van der Waals surface area (Å²) >= 11 is 2.10. The van der Waals surface area contributed by atoms with E-state index >= 15 is 0 Å². The fourth-order valence-electron chi connectivity index (χ4n) is 2.31. The Morgan fingerprint density at radius 2 is 1.79 bits per heavy atom. The van der Waals surface area contributed by atoms with Gasteiger partial charge < -0.3 is 4.74 Å². The fourth-order valence-corrected chi connectivity index (χ4v) is 2.91. The van der Waals surface area contributed by atoms with Crippen LogP contribution >= 0.6 is 22.6 Å². The molecule has 0 atom stereocenters. The van der Waals surface area contributed by atoms with Crippen LogP contribution in [0.1, 0.15) is 21.5 Å². The van der Waals surface area contributed by atoms with Gasteiger partial charge in [-0.25, -0.2) is 4.79 Å². The number of hydrogen-bond acceptors (Lipinski definition) is 4. The number of ether oxygens (including phenoxy) is 1. The van der Waals surface area contributed by atoms with Gasteiger partial charge in [0, 0.05) is 15.2 Å². The number of carbonyl (C=O) groups is 1. The minimum Gasteiger partial charge on any atom is -0.402 e. The highest BCUT2D eigenvalue weighted by Crippen LogP contribution is 2.23. The maximum Gasteiger partial charge on any atom is 0.345 e. The first-order chi connectivity index (χ1) is 11.5. The third kappa shape index (κ3) is 3.62. The quantitative estimate of drug-likeness (QED) is 0.451. The molecular formula is C19H15IN2O2. The molecule has 0 aliphatic heterocycles. The Kier molecular flexibility index (Phi) is 4.89. The van der Waals surface area contributed by atoms with E-state index in [1.807, 2.05) is 32.0 Å². The molecule has 0 bridgehead atoms. The van der Waals surface area contributed by atoms with Gasteiger partial charge in [0.2, 0.25) is 5.88 Å². The van der Waals surface area contributed by atoms with Crippen molar-refractivity contribution in [3.8, 4) is 17.1 Å². The lowest BCUT2D eigenvalue weighted by Crippen LogP contribution is -2.11. The smallest absolute Gasteiger partial charge is 0.345 e. The Hall–Kier alpha value is -2.28. The van der Waals surface area contributed by atoms with Crippen LogP contribution in [0.2, 0.25) is 0 Å². The molecule has 1 heterocycles. The number of esters is 1. The van der Waals surface area contributed by atoms with Gasteiger partial charge >= 0.3 is 5.97 Å². The molecule has 3 rings (SSSR count). The highest BCUT2D eigenvalue weighted by molar-refractivity contribution is 14.1. The third-order valence-electron chi connectivity index (χ3n) is 3.60. The van der Waals surface area contributed by atoms with Crippen LogP contribution in [0.15, 0.2) is 54.6 Å². The number of hydrogen-bond donors (Lipinski definition) is 0. The van der Waals surface area contributed by atoms with Crippen molar-refractivity contribution in [2.24, 2.45) is 0 Å². The van der Waals surface area contributed by atoms with Gasteiger partial charge in [0.25, 0.3) is 0 Å². The standard InChI is InChI=1S/C19H15IN2O2/c1-12-7-8-13(2)15(11-12)17-9-10-18(22-21-17)24-19(23)14-5-3-4-6-16(14)20/h3-11H,1-2H3. The van der Waals surface area contributed by atoms with Crippen LogP contribution in [0.25, 0.3) is 11.3 Å². The molecule has 24 heavy (non-hydrogen) atoms. The van der Waals surface area contributed by atoms with E-state index in [1.165, 1.54) is 0 Å². The number of rotatable bonds is 3. The molecule has 0 saturated carbocycles. The predicted molar refractivity (Wildman–Crippen MR) is 101 cm³/mol. The summed E-state index contributed by atoms with van der Waals surface area (Å²) in [5, 5.41) is 8.22. The normalized spacial score (nSPS) is 10.5. The molecule has 2 aromatic carbocycles. The molecule has 0 N–H and O–H groups in total. The molecule has 1 aromatic heterocycles. The van der Waals surface area contributed by atoms with Gasteiger partial charge in [0.1, 0.15) is 0 Å². The van der Waals surface area contributed by atoms with E-state index in [0.717, 1.165) is 26.0 Å². The van der Waals surface area contributed by atoms with E-state index in [0.29, 0.717) is 5.56 Å². The van der Waals surface area contributed by atoms with Crippen LogP contribution in [-0.2, 0) is 0 Å². The summed E-state index contributed by atoms with van der Waals surface area (Å²) in [5.41, 5.74) is 4.58. The zero-order chi connectivity index (χ0) is 17.1. The average Bonchev–Trinajstić information content (AvgIpc) is 2.58. The zero-order valence-electron chi connectivity index (χ0n) is 13.3. The lowest BCUT2D eigenvalue weighted by Gasteiger charge is -2.07. The Bertz CT molecular complexity index is 892. The molecule has 0 aliphatic carbocycles. The first-order valence-electron chi connectivity index (χ1n) is 7.42. The largest absolute Gasteiger partial charge is 0.402 e. The Balaban J connectivity index is 1.81. The lowest BCUT2D eigenvalue weighted by molar-refractivity contribution is 0.0724. The first-order valence-corrected chi connectivity index (χ1v) is 8.50. The second-order valence-electron chi connectivity index (χ2n) is 5.44. The van der Waals surface area contributed by atoms with Gasteiger partial charge in [-0.2, -0.15) is 0 Å². The summed E-state index contributed by atoms with van der Waals surface area (Å²) in [4.78, 5) is 12.2. The van der Waals surface area contributed by atoms with Gasteiger partial charge in [0.15, 0.2) is 0 Å². The van der Waals surface area contributed by atoms with Crippen molar-refractivity contribution in [1.29, 1.82) is 0 Å². The van der Waals surface area contributed by atoms with E-state index in [2.05, 4.69) is 51.0 Å². The van der Waals surface area contributed by atoms with Crippen molar-refractivity contribution in [1.82, 2.24) is 10.2 Å². The van der Waals surface area contributed by atoms with Gasteiger partial charge in [-0.1, -0.05) is 29.8 Å². The minimum atomic E-state index is -0.436. The molecule has 5 heteroatoms. The number of carbonyl (C=O) groups excluding carboxylic acids is 1. The van der Waals surface area contributed by atoms with Gasteiger partial charge in [-0.3, -0.25) is 0 Å². The van der Waals surface area contributed by atoms with Crippen molar-refractivity contribution in [3.63, 3.8) is 0 Å². The topological polar surface area (TPSA) is 52.1 Å². The van der Waals surface area contributed by atoms with Crippen LogP contribution in [0.3, 0.4) is 0 Å². The maximum absolute atomic E-state index is 12.2. The van der Waals surface area contributed by atoms with Crippen molar-refractivity contribution in [2.75, 3.05) is 0 Å². The molecule has 0 spiro atoms.